The average Bonchev–Trinajstić information content (AvgIpc) is 3.21. The molecule has 9 heteroatoms. The van der Waals surface area contributed by atoms with Crippen molar-refractivity contribution in [1.82, 2.24) is 0 Å². The zero-order valence-corrected chi connectivity index (χ0v) is 37.4. The molecule has 9 nitrogen and oxygen atoms in total. The molecule has 6 unspecified atom stereocenters. The van der Waals surface area contributed by atoms with Crippen molar-refractivity contribution in [3.8, 4) is 0 Å². The zero-order chi connectivity index (χ0) is 41.4. The van der Waals surface area contributed by atoms with Gasteiger partial charge in [0.25, 0.3) is 0 Å². The number of aliphatic hydroxyl groups is 4. The van der Waals surface area contributed by atoms with Crippen LogP contribution in [0.4, 0.5) is 0 Å². The third kappa shape index (κ3) is 31.7. The van der Waals surface area contributed by atoms with Crippen LogP contribution in [0.3, 0.4) is 0 Å². The van der Waals surface area contributed by atoms with Crippen LogP contribution in [0.2, 0.25) is 0 Å². The maximum Gasteiger partial charge on any atom is 0.306 e. The van der Waals surface area contributed by atoms with Crippen molar-refractivity contribution in [2.24, 2.45) is 0 Å². The molecule has 1 saturated heterocycles. The number of esters is 1. The molecule has 1 fully saturated rings. The van der Waals surface area contributed by atoms with Crippen LogP contribution in [0.15, 0.2) is 0 Å². The van der Waals surface area contributed by atoms with E-state index in [9.17, 15) is 25.2 Å². The molecular weight excluding hydrogens is 721 g/mol. The van der Waals surface area contributed by atoms with Crippen molar-refractivity contribution in [2.45, 2.75) is 275 Å². The first-order valence-corrected chi connectivity index (χ1v) is 24.6. The van der Waals surface area contributed by atoms with Crippen molar-refractivity contribution in [3.63, 3.8) is 0 Å². The molecule has 0 aromatic carbocycles. The van der Waals surface area contributed by atoms with E-state index >= 15 is 0 Å². The van der Waals surface area contributed by atoms with E-state index in [0.717, 1.165) is 32.1 Å². The highest BCUT2D eigenvalue weighted by Crippen LogP contribution is 2.23. The van der Waals surface area contributed by atoms with Gasteiger partial charge in [0, 0.05) is 13.0 Å². The Balaban J connectivity index is 2.13. The lowest BCUT2D eigenvalue weighted by molar-refractivity contribution is -0.305. The summed E-state index contributed by atoms with van der Waals surface area (Å²) in [6.45, 7) is 4.60. The molecule has 0 spiro atoms. The normalized spacial score (nSPS) is 20.3. The van der Waals surface area contributed by atoms with Gasteiger partial charge in [0.05, 0.1) is 19.8 Å². The van der Waals surface area contributed by atoms with Gasteiger partial charge >= 0.3 is 5.97 Å². The van der Waals surface area contributed by atoms with Gasteiger partial charge in [-0.15, -0.1) is 0 Å². The number of carbonyl (C=O) groups excluding carboxylic acids is 1. The van der Waals surface area contributed by atoms with Crippen molar-refractivity contribution < 1.29 is 44.2 Å². The van der Waals surface area contributed by atoms with E-state index < -0.39 is 43.4 Å². The highest BCUT2D eigenvalue weighted by molar-refractivity contribution is 5.69. The lowest BCUT2D eigenvalue weighted by Gasteiger charge is -2.39. The summed E-state index contributed by atoms with van der Waals surface area (Å²) in [6, 6.07) is 0. The van der Waals surface area contributed by atoms with E-state index in [-0.39, 0.29) is 19.2 Å². The Labute approximate surface area is 351 Å². The second-order valence-electron chi connectivity index (χ2n) is 17.3. The van der Waals surface area contributed by atoms with Crippen LogP contribution >= 0.6 is 0 Å². The summed E-state index contributed by atoms with van der Waals surface area (Å²) in [5.74, 6) is -0.307. The Kier molecular flexibility index (Phi) is 38.6. The molecule has 6 atom stereocenters. The lowest BCUT2D eigenvalue weighted by atomic mass is 9.99. The Bertz CT molecular complexity index is 843. The van der Waals surface area contributed by atoms with E-state index in [1.165, 1.54) is 186 Å². The minimum absolute atomic E-state index is 0.105. The molecule has 1 aliphatic heterocycles. The summed E-state index contributed by atoms with van der Waals surface area (Å²) >= 11 is 0. The molecule has 57 heavy (non-hydrogen) atoms. The second-order valence-corrected chi connectivity index (χ2v) is 17.3. The van der Waals surface area contributed by atoms with E-state index in [1.807, 2.05) is 0 Å². The first-order valence-electron chi connectivity index (χ1n) is 24.6. The van der Waals surface area contributed by atoms with Gasteiger partial charge in [-0.3, -0.25) is 4.79 Å². The standard InChI is InChI=1S/C48H94O9/c1-3-5-7-9-11-13-15-16-17-18-19-20-21-22-23-24-25-26-27-28-29-31-33-35-37-44(50)56-42(40-54-38-36-34-32-30-14-12-10-8-6-4-2)41-55-48-47(53)46(52)45(51)43(39-49)57-48/h42-43,45-49,51-53H,3-41H2,1-2H3. The third-order valence-corrected chi connectivity index (χ3v) is 11.8. The fourth-order valence-electron chi connectivity index (χ4n) is 7.91. The highest BCUT2D eigenvalue weighted by atomic mass is 16.7. The molecule has 0 amide bonds. The average molecular weight is 815 g/mol. The zero-order valence-electron chi connectivity index (χ0n) is 37.4. The Morgan fingerprint density at radius 1 is 0.491 bits per heavy atom. The number of ether oxygens (including phenoxy) is 4. The molecule has 0 aromatic rings. The summed E-state index contributed by atoms with van der Waals surface area (Å²) in [5.41, 5.74) is 0. The molecule has 0 aliphatic carbocycles. The maximum absolute atomic E-state index is 12.8. The molecule has 4 N–H and O–H groups in total. The van der Waals surface area contributed by atoms with Gasteiger partial charge in [0.1, 0.15) is 30.5 Å². The molecule has 0 radical (unpaired) electrons. The van der Waals surface area contributed by atoms with Gasteiger partial charge in [-0.2, -0.15) is 0 Å². The van der Waals surface area contributed by atoms with Crippen molar-refractivity contribution in [3.05, 3.63) is 0 Å². The number of unbranched alkanes of at least 4 members (excludes halogenated alkanes) is 32. The van der Waals surface area contributed by atoms with Crippen molar-refractivity contribution in [2.75, 3.05) is 26.4 Å². The number of hydrogen-bond acceptors (Lipinski definition) is 9. The van der Waals surface area contributed by atoms with Crippen LogP contribution in [0.25, 0.3) is 0 Å². The highest BCUT2D eigenvalue weighted by Gasteiger charge is 2.44. The number of aliphatic hydroxyl groups excluding tert-OH is 4. The first-order chi connectivity index (χ1) is 27.9. The second kappa shape index (κ2) is 40.6. The predicted molar refractivity (Wildman–Crippen MR) is 233 cm³/mol. The summed E-state index contributed by atoms with van der Waals surface area (Å²) in [7, 11) is 0. The monoisotopic (exact) mass is 815 g/mol. The largest absolute Gasteiger partial charge is 0.457 e. The topological polar surface area (TPSA) is 135 Å². The molecule has 1 rings (SSSR count). The third-order valence-electron chi connectivity index (χ3n) is 11.8. The van der Waals surface area contributed by atoms with Crippen molar-refractivity contribution >= 4 is 5.97 Å². The lowest BCUT2D eigenvalue weighted by Crippen LogP contribution is -2.59. The van der Waals surface area contributed by atoms with E-state index in [0.29, 0.717) is 13.0 Å². The first kappa shape index (κ1) is 54.2. The Morgan fingerprint density at radius 3 is 1.25 bits per heavy atom. The summed E-state index contributed by atoms with van der Waals surface area (Å²) in [4.78, 5) is 12.8. The van der Waals surface area contributed by atoms with Gasteiger partial charge in [0.15, 0.2) is 6.29 Å². The number of hydrogen-bond donors (Lipinski definition) is 4. The van der Waals surface area contributed by atoms with Gasteiger partial charge in [-0.05, 0) is 12.8 Å². The number of carbonyl (C=O) groups is 1. The maximum atomic E-state index is 12.8. The quantitative estimate of drug-likeness (QED) is 0.0350. The smallest absolute Gasteiger partial charge is 0.306 e. The minimum Gasteiger partial charge on any atom is -0.457 e. The van der Waals surface area contributed by atoms with E-state index in [2.05, 4.69) is 13.8 Å². The molecule has 340 valence electrons. The minimum atomic E-state index is -1.53. The molecule has 1 aliphatic rings. The van der Waals surface area contributed by atoms with Crippen molar-refractivity contribution in [1.29, 1.82) is 0 Å². The molecule has 0 saturated carbocycles. The summed E-state index contributed by atoms with van der Waals surface area (Å²) < 4.78 is 22.8. The molecule has 1 heterocycles. The molecule has 0 bridgehead atoms. The van der Waals surface area contributed by atoms with Gasteiger partial charge in [-0.25, -0.2) is 0 Å². The van der Waals surface area contributed by atoms with Crippen LogP contribution < -0.4 is 0 Å². The van der Waals surface area contributed by atoms with E-state index in [4.69, 9.17) is 18.9 Å². The van der Waals surface area contributed by atoms with Crippen LogP contribution in [-0.4, -0.2) is 89.6 Å². The van der Waals surface area contributed by atoms with Crippen LogP contribution in [0, 0.1) is 0 Å². The van der Waals surface area contributed by atoms with Crippen LogP contribution in [-0.2, 0) is 23.7 Å². The SMILES string of the molecule is CCCCCCCCCCCCCCCCCCCCCCCCCCC(=O)OC(COCCCCCCCCCCCC)COC1OC(CO)C(O)C(O)C1O. The molecular formula is C48H94O9. The summed E-state index contributed by atoms with van der Waals surface area (Å²) in [5, 5.41) is 40.1. The van der Waals surface area contributed by atoms with Gasteiger partial charge in [-0.1, -0.05) is 219 Å². The Morgan fingerprint density at radius 2 is 0.860 bits per heavy atom. The molecule has 0 aromatic heterocycles. The van der Waals surface area contributed by atoms with E-state index in [1.54, 1.807) is 0 Å². The van der Waals surface area contributed by atoms with Gasteiger partial charge < -0.3 is 39.4 Å². The Hall–Kier alpha value is -0.810. The fourth-order valence-corrected chi connectivity index (χ4v) is 7.91. The van der Waals surface area contributed by atoms with Gasteiger partial charge in [0.2, 0.25) is 0 Å². The fraction of sp³-hybridized carbons (Fsp3) is 0.979. The summed E-state index contributed by atoms with van der Waals surface area (Å²) in [6.07, 6.45) is 37.2. The number of rotatable bonds is 43. The van der Waals surface area contributed by atoms with Crippen LogP contribution in [0.1, 0.15) is 239 Å². The predicted octanol–water partition coefficient (Wildman–Crippen LogP) is 11.4. The van der Waals surface area contributed by atoms with Crippen LogP contribution in [0.5, 0.6) is 0 Å².